The number of rotatable bonds is 7. The van der Waals surface area contributed by atoms with Crippen LogP contribution in [-0.2, 0) is 4.74 Å². The summed E-state index contributed by atoms with van der Waals surface area (Å²) in [7, 11) is 0. The molecule has 158 valence electrons. The molecule has 1 N–H and O–H groups in total. The van der Waals surface area contributed by atoms with E-state index in [2.05, 4.69) is 31.3 Å². The standard InChI is InChI=1S/C24H27NO4S/c1-6-15(4)17-7-9-18(10-8-17)20-13-30-23(21(20)24(27)29-14(2)3)25-22(26)19-11-12-28-16(19)5/h7-15H,6H2,1-5H3,(H,25,26)/t15-/m1/s1. The van der Waals surface area contributed by atoms with Crippen LogP contribution >= 0.6 is 11.3 Å². The number of benzene rings is 1. The molecule has 0 spiro atoms. The van der Waals surface area contributed by atoms with Crippen molar-refractivity contribution in [3.8, 4) is 11.1 Å². The van der Waals surface area contributed by atoms with Crippen LogP contribution in [0.3, 0.4) is 0 Å². The third-order valence-electron chi connectivity index (χ3n) is 5.07. The summed E-state index contributed by atoms with van der Waals surface area (Å²) in [5.41, 5.74) is 3.73. The molecule has 6 heteroatoms. The van der Waals surface area contributed by atoms with Crippen LogP contribution in [0.15, 0.2) is 46.4 Å². The number of aryl methyl sites for hydroxylation is 1. The lowest BCUT2D eigenvalue weighted by molar-refractivity contribution is 0.0380. The van der Waals surface area contributed by atoms with Gasteiger partial charge in [-0.3, -0.25) is 4.79 Å². The highest BCUT2D eigenvalue weighted by Crippen LogP contribution is 2.37. The molecular formula is C24H27NO4S. The molecule has 0 aliphatic carbocycles. The van der Waals surface area contributed by atoms with Crippen LogP contribution in [0, 0.1) is 6.92 Å². The third kappa shape index (κ3) is 4.65. The number of anilines is 1. The number of carbonyl (C=O) groups is 2. The van der Waals surface area contributed by atoms with Crippen LogP contribution in [0.4, 0.5) is 5.00 Å². The number of carbonyl (C=O) groups excluding carboxylic acids is 2. The van der Waals surface area contributed by atoms with E-state index in [9.17, 15) is 9.59 Å². The summed E-state index contributed by atoms with van der Waals surface area (Å²) in [6.07, 6.45) is 2.27. The van der Waals surface area contributed by atoms with Gasteiger partial charge in [0.25, 0.3) is 5.91 Å². The average molecular weight is 426 g/mol. The van der Waals surface area contributed by atoms with Crippen LogP contribution in [0.2, 0.25) is 0 Å². The van der Waals surface area contributed by atoms with E-state index in [1.165, 1.54) is 23.2 Å². The van der Waals surface area contributed by atoms with Gasteiger partial charge >= 0.3 is 5.97 Å². The fraction of sp³-hybridized carbons (Fsp3) is 0.333. The average Bonchev–Trinajstić information content (AvgIpc) is 3.33. The van der Waals surface area contributed by atoms with E-state index >= 15 is 0 Å². The Morgan fingerprint density at radius 2 is 1.83 bits per heavy atom. The zero-order chi connectivity index (χ0) is 21.8. The van der Waals surface area contributed by atoms with Crippen LogP contribution in [0.1, 0.15) is 72.1 Å². The van der Waals surface area contributed by atoms with Crippen LogP contribution in [0.25, 0.3) is 11.1 Å². The molecule has 0 aliphatic rings. The van der Waals surface area contributed by atoms with Gasteiger partial charge in [-0.2, -0.15) is 0 Å². The third-order valence-corrected chi connectivity index (χ3v) is 5.97. The Labute approximate surface area is 181 Å². The van der Waals surface area contributed by atoms with Crippen molar-refractivity contribution in [1.29, 1.82) is 0 Å². The van der Waals surface area contributed by atoms with E-state index in [0.717, 1.165) is 17.5 Å². The fourth-order valence-electron chi connectivity index (χ4n) is 3.16. The molecule has 3 rings (SSSR count). The van der Waals surface area contributed by atoms with Gasteiger partial charge in [0.15, 0.2) is 0 Å². The Morgan fingerprint density at radius 3 is 2.40 bits per heavy atom. The highest BCUT2D eigenvalue weighted by molar-refractivity contribution is 7.15. The molecule has 0 bridgehead atoms. The Kier molecular flexibility index (Phi) is 6.77. The monoisotopic (exact) mass is 425 g/mol. The van der Waals surface area contributed by atoms with Crippen molar-refractivity contribution in [2.75, 3.05) is 5.32 Å². The van der Waals surface area contributed by atoms with E-state index in [4.69, 9.17) is 9.15 Å². The highest BCUT2D eigenvalue weighted by atomic mass is 32.1. The van der Waals surface area contributed by atoms with Crippen LogP contribution in [-0.4, -0.2) is 18.0 Å². The topological polar surface area (TPSA) is 68.5 Å². The van der Waals surface area contributed by atoms with Gasteiger partial charge < -0.3 is 14.5 Å². The van der Waals surface area contributed by atoms with Crippen molar-refractivity contribution in [2.24, 2.45) is 0 Å². The van der Waals surface area contributed by atoms with E-state index in [0.29, 0.717) is 27.8 Å². The lowest BCUT2D eigenvalue weighted by atomic mass is 9.95. The molecule has 30 heavy (non-hydrogen) atoms. The molecule has 1 aromatic carbocycles. The van der Waals surface area contributed by atoms with Gasteiger partial charge in [0, 0.05) is 10.9 Å². The van der Waals surface area contributed by atoms with Gasteiger partial charge in [-0.1, -0.05) is 38.1 Å². The molecule has 2 aromatic heterocycles. The molecule has 2 heterocycles. The van der Waals surface area contributed by atoms with Gasteiger partial charge in [0.1, 0.15) is 16.3 Å². The molecule has 0 aliphatic heterocycles. The van der Waals surface area contributed by atoms with Crippen LogP contribution in [0.5, 0.6) is 0 Å². The molecule has 0 saturated carbocycles. The molecule has 5 nitrogen and oxygen atoms in total. The number of thiophene rings is 1. The molecule has 1 amide bonds. The van der Waals surface area contributed by atoms with Gasteiger partial charge in [0.2, 0.25) is 0 Å². The van der Waals surface area contributed by atoms with Gasteiger partial charge in [-0.05, 0) is 50.3 Å². The van der Waals surface area contributed by atoms with Gasteiger partial charge in [-0.25, -0.2) is 4.79 Å². The second kappa shape index (κ2) is 9.30. The number of esters is 1. The summed E-state index contributed by atoms with van der Waals surface area (Å²) in [4.78, 5) is 25.6. The fourth-order valence-corrected chi connectivity index (χ4v) is 4.11. The first kappa shape index (κ1) is 21.8. The summed E-state index contributed by atoms with van der Waals surface area (Å²) >= 11 is 1.31. The summed E-state index contributed by atoms with van der Waals surface area (Å²) in [5.74, 6) is 0.225. The summed E-state index contributed by atoms with van der Waals surface area (Å²) in [6, 6.07) is 9.82. The lowest BCUT2D eigenvalue weighted by Crippen LogP contribution is -2.17. The van der Waals surface area contributed by atoms with Crippen molar-refractivity contribution < 1.29 is 18.7 Å². The predicted molar refractivity (Wildman–Crippen MR) is 120 cm³/mol. The molecule has 0 radical (unpaired) electrons. The molecule has 1 atom stereocenters. The predicted octanol–water partition coefficient (Wildman–Crippen LogP) is 6.65. The van der Waals surface area contributed by atoms with E-state index in [1.54, 1.807) is 26.8 Å². The Hall–Kier alpha value is -2.86. The van der Waals surface area contributed by atoms with Gasteiger partial charge in [0.05, 0.1) is 17.9 Å². The number of hydrogen-bond acceptors (Lipinski definition) is 5. The first-order valence-electron chi connectivity index (χ1n) is 10.1. The van der Waals surface area contributed by atoms with Crippen molar-refractivity contribution in [2.45, 2.75) is 53.1 Å². The first-order valence-corrected chi connectivity index (χ1v) is 11.0. The van der Waals surface area contributed by atoms with Crippen molar-refractivity contribution in [3.63, 3.8) is 0 Å². The second-order valence-electron chi connectivity index (χ2n) is 7.58. The maximum Gasteiger partial charge on any atom is 0.342 e. The van der Waals surface area contributed by atoms with Gasteiger partial charge in [-0.15, -0.1) is 11.3 Å². The maximum atomic E-state index is 12.9. The quantitative estimate of drug-likeness (QED) is 0.430. The number of ether oxygens (including phenoxy) is 1. The van der Waals surface area contributed by atoms with Crippen molar-refractivity contribution in [3.05, 3.63) is 64.4 Å². The largest absolute Gasteiger partial charge is 0.469 e. The Bertz CT molecular complexity index is 1030. The number of furan rings is 1. The number of nitrogens with one attached hydrogen (secondary N) is 1. The zero-order valence-corrected chi connectivity index (χ0v) is 18.8. The summed E-state index contributed by atoms with van der Waals surface area (Å²) in [5, 5.41) is 5.20. The van der Waals surface area contributed by atoms with Crippen LogP contribution < -0.4 is 5.32 Å². The van der Waals surface area contributed by atoms with E-state index < -0.39 is 5.97 Å². The second-order valence-corrected chi connectivity index (χ2v) is 8.46. The molecule has 3 aromatic rings. The minimum absolute atomic E-state index is 0.266. The highest BCUT2D eigenvalue weighted by Gasteiger charge is 2.25. The molecule has 0 saturated heterocycles. The molecular weight excluding hydrogens is 398 g/mol. The van der Waals surface area contributed by atoms with Crippen molar-refractivity contribution >= 4 is 28.2 Å². The SMILES string of the molecule is CC[C@@H](C)c1ccc(-c2csc(NC(=O)c3ccoc3C)c2C(=O)OC(C)C)cc1. The Morgan fingerprint density at radius 1 is 1.13 bits per heavy atom. The lowest BCUT2D eigenvalue weighted by Gasteiger charge is -2.13. The molecule has 0 unspecified atom stereocenters. The molecule has 0 fully saturated rings. The minimum Gasteiger partial charge on any atom is -0.469 e. The smallest absolute Gasteiger partial charge is 0.342 e. The minimum atomic E-state index is -0.452. The normalized spacial score (nSPS) is 12.1. The number of hydrogen-bond donors (Lipinski definition) is 1. The van der Waals surface area contributed by atoms with E-state index in [1.807, 2.05) is 17.5 Å². The zero-order valence-electron chi connectivity index (χ0n) is 17.9. The number of amides is 1. The maximum absolute atomic E-state index is 12.9. The summed E-state index contributed by atoms with van der Waals surface area (Å²) < 4.78 is 10.7. The Balaban J connectivity index is 1.98. The first-order chi connectivity index (χ1) is 14.3. The summed E-state index contributed by atoms with van der Waals surface area (Å²) in [6.45, 7) is 9.68. The van der Waals surface area contributed by atoms with Crippen molar-refractivity contribution in [1.82, 2.24) is 0 Å². The van der Waals surface area contributed by atoms with E-state index in [-0.39, 0.29) is 12.0 Å².